The van der Waals surface area contributed by atoms with Gasteiger partial charge in [-0.1, -0.05) is 13.8 Å². The highest BCUT2D eigenvalue weighted by Gasteiger charge is 2.10. The van der Waals surface area contributed by atoms with Crippen molar-refractivity contribution in [1.29, 1.82) is 0 Å². The number of aromatic nitrogens is 2. The van der Waals surface area contributed by atoms with Crippen LogP contribution < -0.4 is 5.32 Å². The molecular weight excluding hydrogens is 252 g/mol. The molecular formula is C11H20N4S2. The summed E-state index contributed by atoms with van der Waals surface area (Å²) in [6, 6.07) is 0. The molecule has 0 radical (unpaired) electrons. The van der Waals surface area contributed by atoms with Crippen molar-refractivity contribution in [3.05, 3.63) is 5.82 Å². The molecule has 1 aromatic heterocycles. The average molecular weight is 272 g/mol. The van der Waals surface area contributed by atoms with Gasteiger partial charge in [0, 0.05) is 55.1 Å². The number of nitrogens with one attached hydrogen (secondary N) is 1. The summed E-state index contributed by atoms with van der Waals surface area (Å²) in [6.45, 7) is 8.77. The second-order valence-electron chi connectivity index (χ2n) is 4.49. The number of rotatable bonds is 5. The summed E-state index contributed by atoms with van der Waals surface area (Å²) in [4.78, 5) is 6.97. The second kappa shape index (κ2) is 6.56. The zero-order valence-corrected chi connectivity index (χ0v) is 12.1. The minimum Gasteiger partial charge on any atom is -0.359 e. The lowest BCUT2D eigenvalue weighted by molar-refractivity contribution is 0.314. The molecule has 0 amide bonds. The third-order valence-corrected chi connectivity index (χ3v) is 4.40. The Hall–Kier alpha value is -0.330. The molecule has 0 saturated carbocycles. The first-order chi connectivity index (χ1) is 8.25. The third-order valence-electron chi connectivity index (χ3n) is 2.77. The van der Waals surface area contributed by atoms with E-state index in [1.807, 2.05) is 0 Å². The van der Waals surface area contributed by atoms with Crippen LogP contribution in [0, 0.1) is 0 Å². The third kappa shape index (κ3) is 4.12. The van der Waals surface area contributed by atoms with E-state index in [0.29, 0.717) is 5.92 Å². The number of thioether (sulfide) groups is 1. The van der Waals surface area contributed by atoms with Crippen molar-refractivity contribution in [3.63, 3.8) is 0 Å². The fraction of sp³-hybridized carbons (Fsp3) is 0.818. The maximum Gasteiger partial charge on any atom is 0.202 e. The first-order valence-electron chi connectivity index (χ1n) is 6.13. The van der Waals surface area contributed by atoms with Crippen LogP contribution in [-0.4, -0.2) is 51.9 Å². The zero-order chi connectivity index (χ0) is 12.1. The van der Waals surface area contributed by atoms with Crippen LogP contribution in [0.25, 0.3) is 0 Å². The number of hydrogen-bond donors (Lipinski definition) is 1. The van der Waals surface area contributed by atoms with Crippen LogP contribution in [0.1, 0.15) is 25.6 Å². The molecule has 1 fully saturated rings. The van der Waals surface area contributed by atoms with E-state index in [-0.39, 0.29) is 0 Å². The summed E-state index contributed by atoms with van der Waals surface area (Å²) in [5, 5.41) is 4.32. The van der Waals surface area contributed by atoms with Gasteiger partial charge in [-0.25, -0.2) is 4.98 Å². The van der Waals surface area contributed by atoms with Gasteiger partial charge in [0.25, 0.3) is 0 Å². The summed E-state index contributed by atoms with van der Waals surface area (Å²) < 4.78 is 4.33. The summed E-state index contributed by atoms with van der Waals surface area (Å²) in [5.41, 5.74) is 0. The van der Waals surface area contributed by atoms with Crippen molar-refractivity contribution in [2.24, 2.45) is 0 Å². The predicted octanol–water partition coefficient (Wildman–Crippen LogP) is 2.12. The van der Waals surface area contributed by atoms with Gasteiger partial charge in [0.2, 0.25) is 5.13 Å². The summed E-state index contributed by atoms with van der Waals surface area (Å²) in [7, 11) is 0. The van der Waals surface area contributed by atoms with Gasteiger partial charge in [-0.2, -0.15) is 16.1 Å². The first-order valence-corrected chi connectivity index (χ1v) is 8.06. The molecule has 96 valence electrons. The number of nitrogens with zero attached hydrogens (tertiary/aromatic N) is 3. The molecule has 1 aliphatic rings. The second-order valence-corrected chi connectivity index (χ2v) is 6.47. The normalized spacial score (nSPS) is 17.6. The first kappa shape index (κ1) is 13.1. The van der Waals surface area contributed by atoms with E-state index in [0.717, 1.165) is 24.0 Å². The Morgan fingerprint density at radius 1 is 1.35 bits per heavy atom. The van der Waals surface area contributed by atoms with Gasteiger partial charge in [-0.3, -0.25) is 4.90 Å². The van der Waals surface area contributed by atoms with Crippen LogP contribution in [-0.2, 0) is 0 Å². The lowest BCUT2D eigenvalue weighted by Gasteiger charge is -2.25. The molecule has 1 aromatic rings. The minimum absolute atomic E-state index is 0.418. The van der Waals surface area contributed by atoms with Crippen LogP contribution in [0.3, 0.4) is 0 Å². The van der Waals surface area contributed by atoms with Gasteiger partial charge in [0.15, 0.2) is 0 Å². The Bertz CT molecular complexity index is 334. The molecule has 17 heavy (non-hydrogen) atoms. The highest BCUT2D eigenvalue weighted by Crippen LogP contribution is 2.17. The Balaban J connectivity index is 1.70. The van der Waals surface area contributed by atoms with Crippen molar-refractivity contribution in [2.75, 3.05) is 43.0 Å². The summed E-state index contributed by atoms with van der Waals surface area (Å²) in [6.07, 6.45) is 0. The van der Waals surface area contributed by atoms with Crippen LogP contribution in [0.4, 0.5) is 5.13 Å². The van der Waals surface area contributed by atoms with Crippen molar-refractivity contribution < 1.29 is 0 Å². The Morgan fingerprint density at radius 2 is 2.12 bits per heavy atom. The molecule has 6 heteroatoms. The van der Waals surface area contributed by atoms with Crippen LogP contribution in [0.15, 0.2) is 0 Å². The molecule has 4 nitrogen and oxygen atoms in total. The van der Waals surface area contributed by atoms with E-state index < -0.39 is 0 Å². The van der Waals surface area contributed by atoms with E-state index in [1.54, 1.807) is 0 Å². The average Bonchev–Trinajstić information content (AvgIpc) is 2.79. The van der Waals surface area contributed by atoms with Gasteiger partial charge < -0.3 is 5.32 Å². The Morgan fingerprint density at radius 3 is 2.76 bits per heavy atom. The van der Waals surface area contributed by atoms with E-state index in [4.69, 9.17) is 0 Å². The van der Waals surface area contributed by atoms with Gasteiger partial charge in [0.05, 0.1) is 0 Å². The van der Waals surface area contributed by atoms with E-state index in [9.17, 15) is 0 Å². The summed E-state index contributed by atoms with van der Waals surface area (Å²) >= 11 is 3.52. The predicted molar refractivity (Wildman–Crippen MR) is 76.3 cm³/mol. The fourth-order valence-electron chi connectivity index (χ4n) is 1.69. The molecule has 0 unspecified atom stereocenters. The topological polar surface area (TPSA) is 41.1 Å². The smallest absolute Gasteiger partial charge is 0.202 e. The van der Waals surface area contributed by atoms with Crippen molar-refractivity contribution in [2.45, 2.75) is 19.8 Å². The maximum absolute atomic E-state index is 4.47. The zero-order valence-electron chi connectivity index (χ0n) is 10.5. The molecule has 0 bridgehead atoms. The minimum atomic E-state index is 0.418. The lowest BCUT2D eigenvalue weighted by Crippen LogP contribution is -2.36. The highest BCUT2D eigenvalue weighted by atomic mass is 32.2. The number of anilines is 1. The van der Waals surface area contributed by atoms with Crippen LogP contribution >= 0.6 is 23.3 Å². The van der Waals surface area contributed by atoms with Crippen LogP contribution in [0.2, 0.25) is 0 Å². The van der Waals surface area contributed by atoms with Crippen molar-refractivity contribution >= 4 is 28.4 Å². The molecule has 1 aliphatic heterocycles. The van der Waals surface area contributed by atoms with Crippen molar-refractivity contribution in [3.8, 4) is 0 Å². The number of hydrogen-bond acceptors (Lipinski definition) is 6. The Labute approximate surface area is 111 Å². The fourth-order valence-corrected chi connectivity index (χ4v) is 3.40. The standard InChI is InChI=1S/C11H20N4S2/c1-9(2)10-13-11(17-14-10)12-3-4-15-5-7-16-8-6-15/h9H,3-8H2,1-2H3,(H,12,13,14). The highest BCUT2D eigenvalue weighted by molar-refractivity contribution is 7.99. The van der Waals surface area contributed by atoms with Crippen LogP contribution in [0.5, 0.6) is 0 Å². The van der Waals surface area contributed by atoms with Crippen molar-refractivity contribution in [1.82, 2.24) is 14.3 Å². The maximum atomic E-state index is 4.47. The summed E-state index contributed by atoms with van der Waals surface area (Å²) in [5.74, 6) is 3.92. The van der Waals surface area contributed by atoms with Gasteiger partial charge in [-0.05, 0) is 0 Å². The van der Waals surface area contributed by atoms with Gasteiger partial charge >= 0.3 is 0 Å². The van der Waals surface area contributed by atoms with E-state index in [1.165, 1.54) is 36.1 Å². The lowest BCUT2D eigenvalue weighted by atomic mass is 10.2. The molecule has 0 spiro atoms. The van der Waals surface area contributed by atoms with Gasteiger partial charge in [0.1, 0.15) is 5.82 Å². The molecule has 0 aromatic carbocycles. The monoisotopic (exact) mass is 272 g/mol. The van der Waals surface area contributed by atoms with E-state index in [2.05, 4.69) is 45.2 Å². The molecule has 1 N–H and O–H groups in total. The molecule has 0 atom stereocenters. The SMILES string of the molecule is CC(C)c1nsc(NCCN2CCSCC2)n1. The van der Waals surface area contributed by atoms with E-state index >= 15 is 0 Å². The molecule has 1 saturated heterocycles. The quantitative estimate of drug-likeness (QED) is 0.889. The molecule has 0 aliphatic carbocycles. The molecule has 2 heterocycles. The van der Waals surface area contributed by atoms with Gasteiger partial charge in [-0.15, -0.1) is 0 Å². The largest absolute Gasteiger partial charge is 0.359 e. The molecule has 2 rings (SSSR count). The Kier molecular flexibility index (Phi) is 5.06.